The summed E-state index contributed by atoms with van der Waals surface area (Å²) >= 11 is 6.05. The number of aromatic nitrogens is 2. The van der Waals surface area contributed by atoms with Crippen molar-refractivity contribution in [2.75, 3.05) is 0 Å². The Morgan fingerprint density at radius 1 is 1.18 bits per heavy atom. The summed E-state index contributed by atoms with van der Waals surface area (Å²) in [5.74, 6) is 0. The van der Waals surface area contributed by atoms with Crippen molar-refractivity contribution in [1.82, 2.24) is 9.78 Å². The quantitative estimate of drug-likeness (QED) is 0.593. The smallest absolute Gasteiger partial charge is 0.0686 e. The first-order chi connectivity index (χ1) is 8.33. The van der Waals surface area contributed by atoms with Crippen LogP contribution in [0.1, 0.15) is 35.4 Å². The molecule has 2 aromatic rings. The summed E-state index contributed by atoms with van der Waals surface area (Å²) in [7, 11) is 0. The monoisotopic (exact) mass is 244 g/mol. The molecule has 86 valence electrons. The molecule has 1 aromatic carbocycles. The van der Waals surface area contributed by atoms with Crippen molar-refractivity contribution in [1.29, 1.82) is 0 Å². The van der Waals surface area contributed by atoms with Crippen molar-refractivity contribution in [3.8, 4) is 5.69 Å². The second-order valence-corrected chi connectivity index (χ2v) is 5.38. The third kappa shape index (κ3) is 1.31. The van der Waals surface area contributed by atoms with Gasteiger partial charge in [-0.15, -0.1) is 0 Å². The molecule has 3 heteroatoms. The van der Waals surface area contributed by atoms with Crippen LogP contribution >= 0.6 is 11.6 Å². The third-order valence-electron chi connectivity index (χ3n) is 3.89. The van der Waals surface area contributed by atoms with E-state index in [0.717, 1.165) is 17.9 Å². The Bertz CT molecular complexity index is 613. The highest BCUT2D eigenvalue weighted by atomic mass is 35.5. The molecule has 0 bridgehead atoms. The van der Waals surface area contributed by atoms with Crippen molar-refractivity contribution in [3.05, 3.63) is 45.7 Å². The lowest BCUT2D eigenvalue weighted by Crippen LogP contribution is -2.02. The lowest BCUT2D eigenvalue weighted by Gasteiger charge is -2.09. The predicted molar refractivity (Wildman–Crippen MR) is 68.0 cm³/mol. The number of rotatable bonds is 0. The van der Waals surface area contributed by atoms with Crippen LogP contribution in [-0.2, 0) is 19.3 Å². The molecule has 4 rings (SSSR count). The molecule has 0 saturated carbocycles. The van der Waals surface area contributed by atoms with Gasteiger partial charge in [-0.25, -0.2) is 4.68 Å². The average Bonchev–Trinajstić information content (AvgIpc) is 2.84. The van der Waals surface area contributed by atoms with Crippen molar-refractivity contribution in [3.63, 3.8) is 0 Å². The summed E-state index contributed by atoms with van der Waals surface area (Å²) in [5, 5.41) is 5.60. The highest BCUT2D eigenvalue weighted by molar-refractivity contribution is 6.30. The first kappa shape index (κ1) is 9.72. The van der Waals surface area contributed by atoms with E-state index in [1.807, 2.05) is 6.07 Å². The minimum Gasteiger partial charge on any atom is -0.237 e. The fraction of sp³-hybridized carbons (Fsp3) is 0.357. The maximum Gasteiger partial charge on any atom is 0.0686 e. The van der Waals surface area contributed by atoms with E-state index in [1.165, 1.54) is 47.5 Å². The Balaban J connectivity index is 1.93. The van der Waals surface area contributed by atoms with Gasteiger partial charge >= 0.3 is 0 Å². The SMILES string of the molecule is Clc1ccc2c(c1)Cc1c3c(nn1-2)CCCC3. The van der Waals surface area contributed by atoms with Gasteiger partial charge < -0.3 is 0 Å². The van der Waals surface area contributed by atoms with E-state index in [2.05, 4.69) is 16.8 Å². The van der Waals surface area contributed by atoms with E-state index in [1.54, 1.807) is 0 Å². The van der Waals surface area contributed by atoms with Crippen molar-refractivity contribution in [2.45, 2.75) is 32.1 Å². The first-order valence-corrected chi connectivity index (χ1v) is 6.59. The minimum atomic E-state index is 0.823. The number of halogens is 1. The molecule has 0 unspecified atom stereocenters. The van der Waals surface area contributed by atoms with Gasteiger partial charge in [0.05, 0.1) is 17.1 Å². The van der Waals surface area contributed by atoms with Crippen molar-refractivity contribution < 1.29 is 0 Å². The number of benzene rings is 1. The van der Waals surface area contributed by atoms with Gasteiger partial charge in [-0.3, -0.25) is 0 Å². The van der Waals surface area contributed by atoms with Gasteiger partial charge in [-0.05, 0) is 55.0 Å². The molecule has 17 heavy (non-hydrogen) atoms. The summed E-state index contributed by atoms with van der Waals surface area (Å²) in [6.07, 6.45) is 5.95. The molecule has 0 N–H and O–H groups in total. The maximum atomic E-state index is 6.05. The van der Waals surface area contributed by atoms with Crippen LogP contribution in [0.4, 0.5) is 0 Å². The molecule has 0 atom stereocenters. The summed E-state index contributed by atoms with van der Waals surface area (Å²) in [6.45, 7) is 0. The van der Waals surface area contributed by atoms with Gasteiger partial charge in [0, 0.05) is 11.4 Å². The van der Waals surface area contributed by atoms with E-state index in [0.29, 0.717) is 0 Å². The van der Waals surface area contributed by atoms with E-state index < -0.39 is 0 Å². The highest BCUT2D eigenvalue weighted by Crippen LogP contribution is 2.35. The molecule has 0 fully saturated rings. The molecule has 1 aromatic heterocycles. The van der Waals surface area contributed by atoms with E-state index >= 15 is 0 Å². The Morgan fingerprint density at radius 3 is 3.00 bits per heavy atom. The molecule has 2 heterocycles. The van der Waals surface area contributed by atoms with Crippen LogP contribution in [0, 0.1) is 0 Å². The Labute approximate surface area is 105 Å². The fourth-order valence-electron chi connectivity index (χ4n) is 3.08. The van der Waals surface area contributed by atoms with Crippen LogP contribution in [0.5, 0.6) is 0 Å². The second-order valence-electron chi connectivity index (χ2n) is 4.94. The first-order valence-electron chi connectivity index (χ1n) is 6.21. The van der Waals surface area contributed by atoms with Gasteiger partial charge in [0.1, 0.15) is 0 Å². The third-order valence-corrected chi connectivity index (χ3v) is 4.13. The molecule has 1 aliphatic heterocycles. The molecule has 2 nitrogen and oxygen atoms in total. The van der Waals surface area contributed by atoms with E-state index in [9.17, 15) is 0 Å². The predicted octanol–water partition coefficient (Wildman–Crippen LogP) is 3.31. The van der Waals surface area contributed by atoms with Crippen LogP contribution in [0.25, 0.3) is 5.69 Å². The zero-order chi connectivity index (χ0) is 11.4. The fourth-order valence-corrected chi connectivity index (χ4v) is 3.28. The maximum absolute atomic E-state index is 6.05. The van der Waals surface area contributed by atoms with Crippen molar-refractivity contribution in [2.24, 2.45) is 0 Å². The van der Waals surface area contributed by atoms with Gasteiger partial charge in [0.2, 0.25) is 0 Å². The molecule has 0 saturated heterocycles. The zero-order valence-corrected chi connectivity index (χ0v) is 10.3. The molecule has 0 spiro atoms. The molecule has 2 aliphatic rings. The largest absolute Gasteiger partial charge is 0.237 e. The van der Waals surface area contributed by atoms with Crippen LogP contribution in [0.2, 0.25) is 5.02 Å². The number of hydrogen-bond acceptors (Lipinski definition) is 1. The summed E-state index contributed by atoms with van der Waals surface area (Å²) in [5.41, 5.74) is 6.76. The van der Waals surface area contributed by atoms with E-state index in [4.69, 9.17) is 16.7 Å². The molecular weight excluding hydrogens is 232 g/mol. The molecule has 0 radical (unpaired) electrons. The Morgan fingerprint density at radius 2 is 2.06 bits per heavy atom. The average molecular weight is 245 g/mol. The summed E-state index contributed by atoms with van der Waals surface area (Å²) in [6, 6.07) is 6.11. The Hall–Kier alpha value is -1.28. The van der Waals surface area contributed by atoms with Gasteiger partial charge in [-0.2, -0.15) is 5.10 Å². The number of aryl methyl sites for hydroxylation is 1. The van der Waals surface area contributed by atoms with Crippen LogP contribution in [0.15, 0.2) is 18.2 Å². The van der Waals surface area contributed by atoms with E-state index in [-0.39, 0.29) is 0 Å². The lowest BCUT2D eigenvalue weighted by atomic mass is 9.94. The lowest BCUT2D eigenvalue weighted by molar-refractivity contribution is 0.669. The van der Waals surface area contributed by atoms with Crippen LogP contribution in [0.3, 0.4) is 0 Å². The number of hydrogen-bond donors (Lipinski definition) is 0. The highest BCUT2D eigenvalue weighted by Gasteiger charge is 2.27. The number of fused-ring (bicyclic) bond motifs is 5. The van der Waals surface area contributed by atoms with Crippen LogP contribution in [-0.4, -0.2) is 9.78 Å². The molecule has 0 amide bonds. The molecule has 1 aliphatic carbocycles. The van der Waals surface area contributed by atoms with Gasteiger partial charge in [0.15, 0.2) is 0 Å². The standard InChI is InChI=1S/C14H13ClN2/c15-10-5-6-13-9(7-10)8-14-11-3-1-2-4-12(11)16-17(13)14/h5-7H,1-4,8H2. The normalized spacial score (nSPS) is 16.5. The van der Waals surface area contributed by atoms with Gasteiger partial charge in [0.25, 0.3) is 0 Å². The van der Waals surface area contributed by atoms with Crippen molar-refractivity contribution >= 4 is 11.6 Å². The topological polar surface area (TPSA) is 17.8 Å². The Kier molecular flexibility index (Phi) is 1.92. The minimum absolute atomic E-state index is 0.823. The van der Waals surface area contributed by atoms with Crippen LogP contribution < -0.4 is 0 Å². The second kappa shape index (κ2) is 3.36. The summed E-state index contributed by atoms with van der Waals surface area (Å²) < 4.78 is 2.14. The molecular formula is C14H13ClN2. The zero-order valence-electron chi connectivity index (χ0n) is 9.54. The van der Waals surface area contributed by atoms with Gasteiger partial charge in [-0.1, -0.05) is 11.6 Å². The number of nitrogens with zero attached hydrogens (tertiary/aromatic N) is 2. The summed E-state index contributed by atoms with van der Waals surface area (Å²) in [4.78, 5) is 0.